The lowest BCUT2D eigenvalue weighted by atomic mass is 10.0. The number of anilines is 1. The van der Waals surface area contributed by atoms with Gasteiger partial charge in [-0.1, -0.05) is 13.3 Å². The molecule has 0 unspecified atom stereocenters. The Kier molecular flexibility index (Phi) is 4.69. The van der Waals surface area contributed by atoms with E-state index >= 15 is 0 Å². The van der Waals surface area contributed by atoms with Gasteiger partial charge in [0.05, 0.1) is 0 Å². The van der Waals surface area contributed by atoms with E-state index in [1.165, 1.54) is 18.2 Å². The van der Waals surface area contributed by atoms with Gasteiger partial charge in [0, 0.05) is 17.9 Å². The van der Waals surface area contributed by atoms with E-state index in [2.05, 4.69) is 14.9 Å². The van der Waals surface area contributed by atoms with Crippen LogP contribution in [-0.4, -0.2) is 29.0 Å². The summed E-state index contributed by atoms with van der Waals surface area (Å²) in [5.41, 5.74) is 2.46. The van der Waals surface area contributed by atoms with Crippen LogP contribution >= 0.6 is 0 Å². The number of ether oxygens (including phenoxy) is 1. The Morgan fingerprint density at radius 1 is 1.36 bits per heavy atom. The first kappa shape index (κ1) is 17.3. The van der Waals surface area contributed by atoms with Crippen LogP contribution in [0.15, 0.2) is 24.3 Å². The van der Waals surface area contributed by atoms with E-state index < -0.39 is 6.36 Å². The van der Waals surface area contributed by atoms with Crippen molar-refractivity contribution in [1.82, 2.24) is 10.2 Å². The summed E-state index contributed by atoms with van der Waals surface area (Å²) in [6.07, 6.45) is -1.74. The van der Waals surface area contributed by atoms with E-state index in [0.29, 0.717) is 36.3 Å². The molecule has 1 N–H and O–H groups in total. The third kappa shape index (κ3) is 3.94. The minimum absolute atomic E-state index is 0.260. The number of fused-ring (bicyclic) bond motifs is 1. The predicted molar refractivity (Wildman–Crippen MR) is 85.7 cm³/mol. The summed E-state index contributed by atoms with van der Waals surface area (Å²) in [5.74, 6) is -0.533. The number of aryl methyl sites for hydroxylation is 2. The lowest BCUT2D eigenvalue weighted by Gasteiger charge is -2.29. The topological polar surface area (TPSA) is 58.2 Å². The molecule has 0 aliphatic carbocycles. The number of benzene rings is 1. The summed E-state index contributed by atoms with van der Waals surface area (Å²) in [5, 5.41) is 6.90. The summed E-state index contributed by atoms with van der Waals surface area (Å²) in [7, 11) is 0. The number of rotatable bonds is 4. The SMILES string of the molecule is CCCc1cc(C(=O)N2CCCc3cc(OC(F)(F)F)ccc32)n[nH]1. The fourth-order valence-corrected chi connectivity index (χ4v) is 2.99. The van der Waals surface area contributed by atoms with Crippen molar-refractivity contribution in [1.29, 1.82) is 0 Å². The number of hydrogen-bond donors (Lipinski definition) is 1. The van der Waals surface area contributed by atoms with Gasteiger partial charge in [-0.05, 0) is 49.1 Å². The molecule has 1 aliphatic heterocycles. The van der Waals surface area contributed by atoms with Crippen LogP contribution in [0.2, 0.25) is 0 Å². The highest BCUT2D eigenvalue weighted by Gasteiger charge is 2.32. The minimum Gasteiger partial charge on any atom is -0.406 e. The van der Waals surface area contributed by atoms with Gasteiger partial charge in [0.25, 0.3) is 5.91 Å². The van der Waals surface area contributed by atoms with Crippen LogP contribution in [0.25, 0.3) is 0 Å². The lowest BCUT2D eigenvalue weighted by molar-refractivity contribution is -0.274. The summed E-state index contributed by atoms with van der Waals surface area (Å²) in [4.78, 5) is 14.3. The summed E-state index contributed by atoms with van der Waals surface area (Å²) in [6, 6.07) is 5.79. The van der Waals surface area contributed by atoms with Crippen molar-refractivity contribution >= 4 is 11.6 Å². The first-order chi connectivity index (χ1) is 11.9. The fourth-order valence-electron chi connectivity index (χ4n) is 2.99. The molecular weight excluding hydrogens is 335 g/mol. The zero-order valence-corrected chi connectivity index (χ0v) is 13.7. The summed E-state index contributed by atoms with van der Waals surface area (Å²) >= 11 is 0. The molecule has 8 heteroatoms. The second-order valence-corrected chi connectivity index (χ2v) is 5.93. The van der Waals surface area contributed by atoms with E-state index in [-0.39, 0.29) is 11.7 Å². The van der Waals surface area contributed by atoms with E-state index in [0.717, 1.165) is 18.5 Å². The van der Waals surface area contributed by atoms with Gasteiger partial charge in [-0.2, -0.15) is 5.10 Å². The van der Waals surface area contributed by atoms with E-state index in [9.17, 15) is 18.0 Å². The number of nitrogens with zero attached hydrogens (tertiary/aromatic N) is 2. The molecule has 3 rings (SSSR count). The number of aromatic nitrogens is 2. The maximum atomic E-state index is 12.7. The number of alkyl halides is 3. The standard InChI is InChI=1S/C17H18F3N3O2/c1-2-4-12-10-14(22-21-12)16(24)23-8-3-5-11-9-13(6-7-15(11)23)25-17(18,19)20/h6-7,9-10H,2-5,8H2,1H3,(H,21,22). The molecule has 5 nitrogen and oxygen atoms in total. The van der Waals surface area contributed by atoms with Crippen LogP contribution in [0, 0.1) is 0 Å². The average molecular weight is 353 g/mol. The van der Waals surface area contributed by atoms with Crippen LogP contribution in [0.5, 0.6) is 5.75 Å². The molecule has 1 aromatic carbocycles. The zero-order valence-electron chi connectivity index (χ0n) is 13.7. The maximum absolute atomic E-state index is 12.7. The highest BCUT2D eigenvalue weighted by Crippen LogP contribution is 2.33. The Hall–Kier alpha value is -2.51. The minimum atomic E-state index is -4.73. The molecule has 0 radical (unpaired) electrons. The molecule has 1 aromatic heterocycles. The van der Waals surface area contributed by atoms with Gasteiger partial charge in [-0.15, -0.1) is 13.2 Å². The lowest BCUT2D eigenvalue weighted by Crippen LogP contribution is -2.35. The fraction of sp³-hybridized carbons (Fsp3) is 0.412. The van der Waals surface area contributed by atoms with Crippen molar-refractivity contribution in [2.45, 2.75) is 39.0 Å². The Balaban J connectivity index is 1.84. The molecular formula is C17H18F3N3O2. The van der Waals surface area contributed by atoms with Crippen molar-refractivity contribution in [3.63, 3.8) is 0 Å². The number of carbonyl (C=O) groups excluding carboxylic acids is 1. The first-order valence-electron chi connectivity index (χ1n) is 8.12. The zero-order chi connectivity index (χ0) is 18.0. The van der Waals surface area contributed by atoms with Crippen LogP contribution in [0.4, 0.5) is 18.9 Å². The van der Waals surface area contributed by atoms with Crippen LogP contribution in [0.1, 0.15) is 41.5 Å². The Labute approximate surface area is 142 Å². The van der Waals surface area contributed by atoms with Gasteiger partial charge in [-0.3, -0.25) is 9.89 Å². The second kappa shape index (κ2) is 6.78. The number of hydrogen-bond acceptors (Lipinski definition) is 3. The number of aromatic amines is 1. The number of nitrogens with one attached hydrogen (secondary N) is 1. The van der Waals surface area contributed by atoms with E-state index in [1.807, 2.05) is 6.92 Å². The van der Waals surface area contributed by atoms with Crippen molar-refractivity contribution in [2.75, 3.05) is 11.4 Å². The molecule has 1 aliphatic rings. The molecule has 0 atom stereocenters. The van der Waals surface area contributed by atoms with E-state index in [1.54, 1.807) is 11.0 Å². The molecule has 0 saturated carbocycles. The monoisotopic (exact) mass is 353 g/mol. The van der Waals surface area contributed by atoms with Crippen LogP contribution in [0.3, 0.4) is 0 Å². The van der Waals surface area contributed by atoms with Crippen molar-refractivity contribution in [3.8, 4) is 5.75 Å². The quantitative estimate of drug-likeness (QED) is 0.908. The molecule has 2 heterocycles. The molecule has 1 amide bonds. The number of amides is 1. The van der Waals surface area contributed by atoms with Gasteiger partial charge in [0.1, 0.15) is 5.75 Å². The van der Waals surface area contributed by atoms with Crippen molar-refractivity contribution < 1.29 is 22.7 Å². The number of carbonyl (C=O) groups is 1. The Morgan fingerprint density at radius 3 is 2.88 bits per heavy atom. The van der Waals surface area contributed by atoms with Crippen molar-refractivity contribution in [2.24, 2.45) is 0 Å². The summed E-state index contributed by atoms with van der Waals surface area (Å²) < 4.78 is 41.1. The third-order valence-electron chi connectivity index (χ3n) is 4.02. The van der Waals surface area contributed by atoms with Gasteiger partial charge in [-0.25, -0.2) is 0 Å². The molecule has 0 fully saturated rings. The van der Waals surface area contributed by atoms with Crippen LogP contribution < -0.4 is 9.64 Å². The van der Waals surface area contributed by atoms with Gasteiger partial charge in [0.15, 0.2) is 5.69 Å². The Morgan fingerprint density at radius 2 is 2.16 bits per heavy atom. The van der Waals surface area contributed by atoms with Crippen LogP contribution in [-0.2, 0) is 12.8 Å². The largest absolute Gasteiger partial charge is 0.573 e. The predicted octanol–water partition coefficient (Wildman–Crippen LogP) is 3.85. The molecule has 134 valence electrons. The van der Waals surface area contributed by atoms with E-state index in [4.69, 9.17) is 0 Å². The average Bonchev–Trinajstić information content (AvgIpc) is 3.01. The molecule has 2 aromatic rings. The first-order valence-corrected chi connectivity index (χ1v) is 8.12. The van der Waals surface area contributed by atoms with Gasteiger partial charge < -0.3 is 9.64 Å². The second-order valence-electron chi connectivity index (χ2n) is 5.93. The third-order valence-corrected chi connectivity index (χ3v) is 4.02. The molecule has 0 bridgehead atoms. The van der Waals surface area contributed by atoms with Crippen molar-refractivity contribution in [3.05, 3.63) is 41.2 Å². The normalized spacial score (nSPS) is 14.3. The van der Waals surface area contributed by atoms with Gasteiger partial charge >= 0.3 is 6.36 Å². The Bertz CT molecular complexity index is 771. The highest BCUT2D eigenvalue weighted by molar-refractivity contribution is 6.05. The number of halogens is 3. The highest BCUT2D eigenvalue weighted by atomic mass is 19.4. The molecule has 0 spiro atoms. The van der Waals surface area contributed by atoms with Gasteiger partial charge in [0.2, 0.25) is 0 Å². The molecule has 0 saturated heterocycles. The smallest absolute Gasteiger partial charge is 0.406 e. The number of H-pyrrole nitrogens is 1. The molecule has 25 heavy (non-hydrogen) atoms. The summed E-state index contributed by atoms with van der Waals surface area (Å²) in [6.45, 7) is 2.53. The maximum Gasteiger partial charge on any atom is 0.573 e.